The molecular formula is C20H25N5OS. The number of amides is 2. The first-order valence-electron chi connectivity index (χ1n) is 9.58. The van der Waals surface area contributed by atoms with Crippen molar-refractivity contribution in [1.82, 2.24) is 20.2 Å². The average molecular weight is 384 g/mol. The summed E-state index contributed by atoms with van der Waals surface area (Å²) in [5, 5.41) is 3.91. The number of hydrogen-bond donors (Lipinski definition) is 1. The van der Waals surface area contributed by atoms with Crippen LogP contribution in [0.15, 0.2) is 47.8 Å². The van der Waals surface area contributed by atoms with Crippen LogP contribution < -0.4 is 10.2 Å². The maximum absolute atomic E-state index is 12.1. The standard InChI is InChI=1S/C20H25N5OS/c26-20-22-9-4-10-25(20)17-7-11-24(12-8-17)18-13-21-14-19(23-18)27-15-16-5-2-1-3-6-16/h1-3,5-6,13-14,17H,4,7-12,15H2,(H,22,26). The molecule has 4 rings (SSSR count). The van der Waals surface area contributed by atoms with E-state index >= 15 is 0 Å². The van der Waals surface area contributed by atoms with Crippen LogP contribution in [0.2, 0.25) is 0 Å². The van der Waals surface area contributed by atoms with E-state index in [1.54, 1.807) is 11.8 Å². The average Bonchev–Trinajstić information content (AvgIpc) is 2.74. The molecule has 0 aliphatic carbocycles. The molecule has 2 aliphatic rings. The van der Waals surface area contributed by atoms with Gasteiger partial charge in [-0.2, -0.15) is 0 Å². The minimum Gasteiger partial charge on any atom is -0.355 e. The van der Waals surface area contributed by atoms with Crippen LogP contribution in [-0.4, -0.2) is 53.1 Å². The number of nitrogens with one attached hydrogen (secondary N) is 1. The second-order valence-corrected chi connectivity index (χ2v) is 7.98. The van der Waals surface area contributed by atoms with E-state index in [0.29, 0.717) is 6.04 Å². The van der Waals surface area contributed by atoms with Gasteiger partial charge in [0.25, 0.3) is 0 Å². The molecule has 1 aromatic heterocycles. The first kappa shape index (κ1) is 18.1. The van der Waals surface area contributed by atoms with Crippen molar-refractivity contribution in [3.8, 4) is 0 Å². The first-order chi connectivity index (χ1) is 13.3. The Hall–Kier alpha value is -2.28. The van der Waals surface area contributed by atoms with Gasteiger partial charge in [-0.25, -0.2) is 9.78 Å². The number of carbonyl (C=O) groups excluding carboxylic acids is 1. The third-order valence-corrected chi connectivity index (χ3v) is 6.14. The van der Waals surface area contributed by atoms with E-state index in [2.05, 4.69) is 39.5 Å². The summed E-state index contributed by atoms with van der Waals surface area (Å²) in [6.45, 7) is 3.50. The van der Waals surface area contributed by atoms with Crippen molar-refractivity contribution in [2.75, 3.05) is 31.1 Å². The molecule has 2 aliphatic heterocycles. The van der Waals surface area contributed by atoms with Crippen molar-refractivity contribution in [1.29, 1.82) is 0 Å². The number of rotatable bonds is 5. The van der Waals surface area contributed by atoms with Crippen LogP contribution in [-0.2, 0) is 5.75 Å². The van der Waals surface area contributed by atoms with E-state index in [1.807, 2.05) is 23.4 Å². The lowest BCUT2D eigenvalue weighted by atomic mass is 10.0. The first-order valence-corrected chi connectivity index (χ1v) is 10.6. The maximum Gasteiger partial charge on any atom is 0.317 e. The van der Waals surface area contributed by atoms with Crippen LogP contribution in [0, 0.1) is 0 Å². The van der Waals surface area contributed by atoms with Crippen molar-refractivity contribution < 1.29 is 4.79 Å². The van der Waals surface area contributed by atoms with E-state index in [9.17, 15) is 4.79 Å². The second-order valence-electron chi connectivity index (χ2n) is 6.99. The largest absolute Gasteiger partial charge is 0.355 e. The molecule has 0 unspecified atom stereocenters. The fourth-order valence-electron chi connectivity index (χ4n) is 3.69. The summed E-state index contributed by atoms with van der Waals surface area (Å²) < 4.78 is 0. The zero-order chi connectivity index (χ0) is 18.5. The van der Waals surface area contributed by atoms with Crippen molar-refractivity contribution in [3.05, 3.63) is 48.3 Å². The molecule has 2 amide bonds. The minimum absolute atomic E-state index is 0.0961. The molecule has 2 fully saturated rings. The summed E-state index contributed by atoms with van der Waals surface area (Å²) in [6.07, 6.45) is 6.69. The molecule has 0 bridgehead atoms. The highest BCUT2D eigenvalue weighted by Crippen LogP contribution is 2.25. The van der Waals surface area contributed by atoms with E-state index < -0.39 is 0 Å². The van der Waals surface area contributed by atoms with Crippen LogP contribution in [0.1, 0.15) is 24.8 Å². The third-order valence-electron chi connectivity index (χ3n) is 5.17. The molecule has 3 heterocycles. The Morgan fingerprint density at radius 1 is 1.11 bits per heavy atom. The molecule has 7 heteroatoms. The number of hydrogen-bond acceptors (Lipinski definition) is 5. The van der Waals surface area contributed by atoms with Crippen LogP contribution in [0.5, 0.6) is 0 Å². The second kappa shape index (κ2) is 8.61. The quantitative estimate of drug-likeness (QED) is 0.804. The van der Waals surface area contributed by atoms with Gasteiger partial charge in [0.05, 0.1) is 12.4 Å². The summed E-state index contributed by atoms with van der Waals surface area (Å²) in [6, 6.07) is 10.8. The number of urea groups is 1. The van der Waals surface area contributed by atoms with Gasteiger partial charge in [0.15, 0.2) is 0 Å². The Morgan fingerprint density at radius 3 is 2.70 bits per heavy atom. The topological polar surface area (TPSA) is 61.4 Å². The van der Waals surface area contributed by atoms with Crippen LogP contribution in [0.25, 0.3) is 0 Å². The predicted octanol–water partition coefficient (Wildman–Crippen LogP) is 3.15. The highest BCUT2D eigenvalue weighted by Gasteiger charge is 2.29. The number of anilines is 1. The van der Waals surface area contributed by atoms with Crippen LogP contribution in [0.3, 0.4) is 0 Å². The Labute approximate surface area is 164 Å². The molecule has 0 spiro atoms. The Balaban J connectivity index is 1.33. The number of piperidine rings is 1. The zero-order valence-electron chi connectivity index (χ0n) is 15.4. The number of nitrogens with zero attached hydrogens (tertiary/aromatic N) is 4. The summed E-state index contributed by atoms with van der Waals surface area (Å²) in [5.41, 5.74) is 1.29. The molecule has 1 aromatic carbocycles. The minimum atomic E-state index is 0.0961. The van der Waals surface area contributed by atoms with E-state index in [-0.39, 0.29) is 6.03 Å². The van der Waals surface area contributed by atoms with Crippen LogP contribution >= 0.6 is 11.8 Å². The summed E-state index contributed by atoms with van der Waals surface area (Å²) in [4.78, 5) is 25.5. The zero-order valence-corrected chi connectivity index (χ0v) is 16.2. The van der Waals surface area contributed by atoms with Gasteiger partial charge in [-0.15, -0.1) is 11.8 Å². The molecule has 27 heavy (non-hydrogen) atoms. The Bertz CT molecular complexity index is 764. The number of benzene rings is 1. The molecule has 6 nitrogen and oxygen atoms in total. The normalized spacial score (nSPS) is 18.4. The lowest BCUT2D eigenvalue weighted by Crippen LogP contribution is -2.54. The van der Waals surface area contributed by atoms with E-state index in [1.165, 1.54) is 5.56 Å². The van der Waals surface area contributed by atoms with Crippen molar-refractivity contribution in [2.45, 2.75) is 36.1 Å². The van der Waals surface area contributed by atoms with Gasteiger partial charge in [0.2, 0.25) is 0 Å². The number of carbonyl (C=O) groups is 1. The maximum atomic E-state index is 12.1. The Kier molecular flexibility index (Phi) is 5.77. The fourth-order valence-corrected chi connectivity index (χ4v) is 4.50. The highest BCUT2D eigenvalue weighted by molar-refractivity contribution is 7.98. The fraction of sp³-hybridized carbons (Fsp3) is 0.450. The van der Waals surface area contributed by atoms with Crippen molar-refractivity contribution in [3.63, 3.8) is 0 Å². The molecule has 142 valence electrons. The van der Waals surface area contributed by atoms with Gasteiger partial charge < -0.3 is 15.1 Å². The van der Waals surface area contributed by atoms with Crippen molar-refractivity contribution >= 4 is 23.6 Å². The molecule has 0 saturated carbocycles. The summed E-state index contributed by atoms with van der Waals surface area (Å²) in [7, 11) is 0. The highest BCUT2D eigenvalue weighted by atomic mass is 32.2. The molecule has 0 radical (unpaired) electrons. The number of aromatic nitrogens is 2. The predicted molar refractivity (Wildman–Crippen MR) is 108 cm³/mol. The van der Waals surface area contributed by atoms with Gasteiger partial charge in [-0.3, -0.25) is 4.98 Å². The van der Waals surface area contributed by atoms with E-state index in [0.717, 1.165) is 62.0 Å². The van der Waals surface area contributed by atoms with Gasteiger partial charge in [0.1, 0.15) is 10.8 Å². The summed E-state index contributed by atoms with van der Waals surface area (Å²) >= 11 is 1.71. The molecule has 2 saturated heterocycles. The van der Waals surface area contributed by atoms with Gasteiger partial charge in [-0.05, 0) is 24.8 Å². The van der Waals surface area contributed by atoms with Gasteiger partial charge >= 0.3 is 6.03 Å². The van der Waals surface area contributed by atoms with Crippen molar-refractivity contribution in [2.24, 2.45) is 0 Å². The van der Waals surface area contributed by atoms with Gasteiger partial charge in [-0.1, -0.05) is 30.3 Å². The van der Waals surface area contributed by atoms with Crippen LogP contribution in [0.4, 0.5) is 10.6 Å². The molecule has 2 aromatic rings. The molecule has 0 atom stereocenters. The monoisotopic (exact) mass is 383 g/mol. The van der Waals surface area contributed by atoms with E-state index in [4.69, 9.17) is 4.98 Å². The third kappa shape index (κ3) is 4.53. The lowest BCUT2D eigenvalue weighted by molar-refractivity contribution is 0.149. The lowest BCUT2D eigenvalue weighted by Gasteiger charge is -2.40. The SMILES string of the molecule is O=C1NCCCN1C1CCN(c2cncc(SCc3ccccc3)n2)CC1. The van der Waals surface area contributed by atoms with Gasteiger partial charge in [0, 0.05) is 38.0 Å². The number of thioether (sulfide) groups is 1. The smallest absolute Gasteiger partial charge is 0.317 e. The summed E-state index contributed by atoms with van der Waals surface area (Å²) in [5.74, 6) is 1.83. The Morgan fingerprint density at radius 2 is 1.93 bits per heavy atom. The molecular weight excluding hydrogens is 358 g/mol. The molecule has 1 N–H and O–H groups in total.